The van der Waals surface area contributed by atoms with Crippen molar-refractivity contribution in [1.29, 1.82) is 0 Å². The number of halogens is 2. The molecule has 2 aliphatic rings. The van der Waals surface area contributed by atoms with Crippen LogP contribution in [0, 0.1) is 5.92 Å². The molecule has 1 aromatic heterocycles. The third kappa shape index (κ3) is 4.90. The van der Waals surface area contributed by atoms with Crippen LogP contribution < -0.4 is 15.0 Å². The lowest BCUT2D eigenvalue weighted by Crippen LogP contribution is -2.49. The Morgan fingerprint density at radius 1 is 1.21 bits per heavy atom. The number of benzene rings is 1. The zero-order valence-electron chi connectivity index (χ0n) is 16.2. The number of hydrogen-bond acceptors (Lipinski definition) is 6. The fourth-order valence-corrected chi connectivity index (χ4v) is 3.97. The molecule has 9 heteroatoms. The highest BCUT2D eigenvalue weighted by atomic mass is 19.3. The van der Waals surface area contributed by atoms with Crippen molar-refractivity contribution in [2.24, 2.45) is 5.92 Å². The van der Waals surface area contributed by atoms with Crippen LogP contribution in [0.1, 0.15) is 12.8 Å². The number of hydrogen-bond donors (Lipinski definition) is 1. The summed E-state index contributed by atoms with van der Waals surface area (Å²) >= 11 is 0. The minimum absolute atomic E-state index is 0.156. The van der Waals surface area contributed by atoms with E-state index in [-0.39, 0.29) is 11.8 Å². The highest BCUT2D eigenvalue weighted by molar-refractivity contribution is 5.86. The normalized spacial score (nSPS) is 20.9. The second kappa shape index (κ2) is 8.86. The molecular weight excluding hydrogens is 380 g/mol. The van der Waals surface area contributed by atoms with Crippen LogP contribution in [0.4, 0.5) is 14.5 Å². The summed E-state index contributed by atoms with van der Waals surface area (Å²) in [7, 11) is 0. The minimum atomic E-state index is -2.55. The van der Waals surface area contributed by atoms with Gasteiger partial charge in [0.05, 0.1) is 10.9 Å². The lowest BCUT2D eigenvalue weighted by Gasteiger charge is -2.38. The van der Waals surface area contributed by atoms with Gasteiger partial charge in [-0.05, 0) is 30.5 Å². The quantitative estimate of drug-likeness (QED) is 0.792. The SMILES string of the molecule is O=C1CCC(CN2CCN(c3ccc4ncnc(OCC(F)F)c4c3)CC2)CN1. The number of carbonyl (C=O) groups excluding carboxylic acids is 1. The number of ether oxygens (including phenoxy) is 1. The average molecular weight is 405 g/mol. The van der Waals surface area contributed by atoms with Gasteiger partial charge in [0.25, 0.3) is 6.43 Å². The van der Waals surface area contributed by atoms with Crippen LogP contribution in [-0.2, 0) is 4.79 Å². The van der Waals surface area contributed by atoms with Crippen molar-refractivity contribution in [2.45, 2.75) is 19.3 Å². The topological polar surface area (TPSA) is 70.6 Å². The predicted octanol–water partition coefficient (Wildman–Crippen LogP) is 1.92. The summed E-state index contributed by atoms with van der Waals surface area (Å²) in [5.74, 6) is 0.866. The molecule has 2 aliphatic heterocycles. The van der Waals surface area contributed by atoms with E-state index in [0.29, 0.717) is 23.2 Å². The first-order valence-electron chi connectivity index (χ1n) is 9.98. The van der Waals surface area contributed by atoms with Gasteiger partial charge in [-0.3, -0.25) is 9.69 Å². The van der Waals surface area contributed by atoms with Gasteiger partial charge in [0.2, 0.25) is 11.8 Å². The predicted molar refractivity (Wildman–Crippen MR) is 105 cm³/mol. The summed E-state index contributed by atoms with van der Waals surface area (Å²) in [5.41, 5.74) is 1.68. The minimum Gasteiger partial charge on any atom is -0.471 e. The Balaban J connectivity index is 1.39. The third-order valence-corrected chi connectivity index (χ3v) is 5.55. The molecule has 156 valence electrons. The molecule has 0 bridgehead atoms. The fraction of sp³-hybridized carbons (Fsp3) is 0.550. The summed E-state index contributed by atoms with van der Waals surface area (Å²) in [6, 6.07) is 5.79. The molecule has 2 aromatic rings. The molecule has 1 amide bonds. The lowest BCUT2D eigenvalue weighted by atomic mass is 9.98. The largest absolute Gasteiger partial charge is 0.471 e. The van der Waals surface area contributed by atoms with Crippen molar-refractivity contribution in [1.82, 2.24) is 20.2 Å². The van der Waals surface area contributed by atoms with Crippen LogP contribution in [0.3, 0.4) is 0 Å². The molecule has 29 heavy (non-hydrogen) atoms. The average Bonchev–Trinajstić information content (AvgIpc) is 2.74. The smallest absolute Gasteiger partial charge is 0.272 e. The maximum Gasteiger partial charge on any atom is 0.272 e. The van der Waals surface area contributed by atoms with Crippen molar-refractivity contribution in [3.8, 4) is 5.88 Å². The first-order chi connectivity index (χ1) is 14.1. The maximum absolute atomic E-state index is 12.5. The number of carbonyl (C=O) groups is 1. The van der Waals surface area contributed by atoms with Crippen LogP contribution in [0.25, 0.3) is 10.9 Å². The van der Waals surface area contributed by atoms with E-state index in [1.807, 2.05) is 18.2 Å². The van der Waals surface area contributed by atoms with E-state index in [4.69, 9.17) is 4.74 Å². The lowest BCUT2D eigenvalue weighted by molar-refractivity contribution is -0.123. The first kappa shape index (κ1) is 19.8. The Morgan fingerprint density at radius 3 is 2.76 bits per heavy atom. The van der Waals surface area contributed by atoms with E-state index in [0.717, 1.165) is 51.4 Å². The van der Waals surface area contributed by atoms with Crippen LogP contribution in [0.5, 0.6) is 5.88 Å². The zero-order chi connectivity index (χ0) is 20.2. The molecule has 0 spiro atoms. The number of aromatic nitrogens is 2. The van der Waals surface area contributed by atoms with Gasteiger partial charge in [0, 0.05) is 51.4 Å². The van der Waals surface area contributed by atoms with E-state index < -0.39 is 13.0 Å². The number of piperidine rings is 1. The monoisotopic (exact) mass is 405 g/mol. The Labute approximate surface area is 168 Å². The molecule has 1 aromatic carbocycles. The van der Waals surface area contributed by atoms with Crippen molar-refractivity contribution in [2.75, 3.05) is 50.8 Å². The number of anilines is 1. The second-order valence-corrected chi connectivity index (χ2v) is 7.58. The Morgan fingerprint density at radius 2 is 2.03 bits per heavy atom. The summed E-state index contributed by atoms with van der Waals surface area (Å²) in [6.45, 7) is 4.75. The van der Waals surface area contributed by atoms with Gasteiger partial charge >= 0.3 is 0 Å². The van der Waals surface area contributed by atoms with Gasteiger partial charge in [-0.25, -0.2) is 18.7 Å². The van der Waals surface area contributed by atoms with Crippen molar-refractivity contribution in [3.63, 3.8) is 0 Å². The molecule has 4 rings (SSSR count). The summed E-state index contributed by atoms with van der Waals surface area (Å²) in [4.78, 5) is 24.3. The number of nitrogens with one attached hydrogen (secondary N) is 1. The van der Waals surface area contributed by atoms with Gasteiger partial charge in [-0.15, -0.1) is 0 Å². The molecule has 1 unspecified atom stereocenters. The first-order valence-corrected chi connectivity index (χ1v) is 9.98. The van der Waals surface area contributed by atoms with Gasteiger partial charge in [-0.2, -0.15) is 0 Å². The molecule has 7 nitrogen and oxygen atoms in total. The van der Waals surface area contributed by atoms with Crippen molar-refractivity contribution in [3.05, 3.63) is 24.5 Å². The molecule has 2 fully saturated rings. The standard InChI is InChI=1S/C20H25F2N5O2/c21-18(22)12-29-20-16-9-15(2-3-17(16)24-13-25-20)27-7-5-26(6-8-27)11-14-1-4-19(28)23-10-14/h2-3,9,13-14,18H,1,4-8,10-12H2,(H,23,28). The Hall–Kier alpha value is -2.55. The number of alkyl halides is 2. The fourth-order valence-electron chi connectivity index (χ4n) is 3.97. The molecule has 0 radical (unpaired) electrons. The number of rotatable bonds is 6. The molecule has 0 saturated carbocycles. The Kier molecular flexibility index (Phi) is 6.03. The molecule has 0 aliphatic carbocycles. The van der Waals surface area contributed by atoms with Gasteiger partial charge in [-0.1, -0.05) is 0 Å². The summed E-state index contributed by atoms with van der Waals surface area (Å²) in [6.07, 6.45) is 0.362. The number of piperazine rings is 1. The van der Waals surface area contributed by atoms with Crippen LogP contribution >= 0.6 is 0 Å². The van der Waals surface area contributed by atoms with Crippen LogP contribution in [0.15, 0.2) is 24.5 Å². The van der Waals surface area contributed by atoms with Gasteiger partial charge in [0.15, 0.2) is 6.61 Å². The van der Waals surface area contributed by atoms with E-state index >= 15 is 0 Å². The number of amides is 1. The zero-order valence-corrected chi connectivity index (χ0v) is 16.2. The van der Waals surface area contributed by atoms with Crippen LogP contribution in [-0.4, -0.2) is 73.1 Å². The summed E-state index contributed by atoms with van der Waals surface area (Å²) in [5, 5.41) is 3.59. The van der Waals surface area contributed by atoms with Crippen LogP contribution in [0.2, 0.25) is 0 Å². The third-order valence-electron chi connectivity index (χ3n) is 5.55. The molecular formula is C20H25F2N5O2. The van der Waals surface area contributed by atoms with Crippen molar-refractivity contribution < 1.29 is 18.3 Å². The molecule has 1 atom stereocenters. The van der Waals surface area contributed by atoms with E-state index in [2.05, 4.69) is 25.1 Å². The Bertz CT molecular complexity index is 848. The molecule has 2 saturated heterocycles. The van der Waals surface area contributed by atoms with Gasteiger partial charge in [0.1, 0.15) is 6.33 Å². The van der Waals surface area contributed by atoms with E-state index in [1.54, 1.807) is 0 Å². The molecule has 3 heterocycles. The number of nitrogens with zero attached hydrogens (tertiary/aromatic N) is 4. The van der Waals surface area contributed by atoms with E-state index in [9.17, 15) is 13.6 Å². The van der Waals surface area contributed by atoms with E-state index in [1.165, 1.54) is 6.33 Å². The highest BCUT2D eigenvalue weighted by Crippen LogP contribution is 2.28. The van der Waals surface area contributed by atoms with Gasteiger partial charge < -0.3 is 15.0 Å². The second-order valence-electron chi connectivity index (χ2n) is 7.58. The highest BCUT2D eigenvalue weighted by Gasteiger charge is 2.24. The van der Waals surface area contributed by atoms with Crippen molar-refractivity contribution >= 4 is 22.5 Å². The maximum atomic E-state index is 12.5. The summed E-state index contributed by atoms with van der Waals surface area (Å²) < 4.78 is 30.2. The molecule has 1 N–H and O–H groups in total. The number of fused-ring (bicyclic) bond motifs is 1.